The Labute approximate surface area is 367 Å². The van der Waals surface area contributed by atoms with E-state index in [1.54, 1.807) is 14.2 Å². The number of allylic oxidation sites excluding steroid dienone is 2. The van der Waals surface area contributed by atoms with Crippen LogP contribution in [0.3, 0.4) is 0 Å². The molecule has 4 aromatic rings. The molecule has 12 nitrogen and oxygen atoms in total. The monoisotopic (exact) mass is 874 g/mol. The summed E-state index contributed by atoms with van der Waals surface area (Å²) in [5, 5.41) is 0.536. The van der Waals surface area contributed by atoms with E-state index in [0.717, 1.165) is 55.2 Å². The van der Waals surface area contributed by atoms with Gasteiger partial charge in [-0.2, -0.15) is 0 Å². The smallest absolute Gasteiger partial charge is 0.748 e. The molecule has 0 saturated heterocycles. The van der Waals surface area contributed by atoms with Crippen molar-refractivity contribution in [1.82, 2.24) is 4.57 Å². The maximum atomic E-state index is 11.6. The molecule has 0 N–H and O–H groups in total. The van der Waals surface area contributed by atoms with E-state index >= 15 is 0 Å². The summed E-state index contributed by atoms with van der Waals surface area (Å²) in [5.74, 6) is 1.24. The fraction of sp³-hybridized carbons (Fsp3) is 0.361. The summed E-state index contributed by atoms with van der Waals surface area (Å²) < 4.78 is 84.9. The standard InChI is InChI=1S/C36H42BrClN4O8S2.K/c1-5-39-33-22-29(37)26(24-49-3)20-31(33)41(16-8-18-51(43,44)45)35(39)10-7-11-36-40(6-2)34-23-30(38)28(25-12-14-27(50-4)15-13-25)21-32(34)42(36)17-9-19-52(46,47)48;/h7,10-15,20-23H,5-6,8-9,16-19,24H2,1-4H3,(H-,43,44,45,46,47,48);/q;+1/p-1. The van der Waals surface area contributed by atoms with Gasteiger partial charge in [0.25, 0.3) is 5.82 Å². The Kier molecular flexibility index (Phi) is 15.7. The van der Waals surface area contributed by atoms with Crippen molar-refractivity contribution in [3.05, 3.63) is 87.4 Å². The van der Waals surface area contributed by atoms with Crippen LogP contribution in [0.4, 0.5) is 11.4 Å². The minimum atomic E-state index is -4.43. The van der Waals surface area contributed by atoms with E-state index in [2.05, 4.69) is 25.4 Å². The van der Waals surface area contributed by atoms with Gasteiger partial charge in [0, 0.05) is 53.9 Å². The van der Waals surface area contributed by atoms with Crippen LogP contribution in [-0.4, -0.2) is 69.3 Å². The first-order valence-corrected chi connectivity index (χ1v) is 21.0. The number of hydrogen-bond donors (Lipinski definition) is 0. The van der Waals surface area contributed by atoms with Gasteiger partial charge in [0.05, 0.1) is 63.4 Å². The summed E-state index contributed by atoms with van der Waals surface area (Å²) >= 11 is 10.5. The van der Waals surface area contributed by atoms with Crippen molar-refractivity contribution in [3.63, 3.8) is 0 Å². The van der Waals surface area contributed by atoms with Gasteiger partial charge in [-0.25, -0.2) is 26.0 Å². The largest absolute Gasteiger partial charge is 1.00 e. The molecule has 0 aliphatic carbocycles. The minimum Gasteiger partial charge on any atom is -0.748 e. The number of rotatable bonds is 16. The minimum absolute atomic E-state index is 0. The van der Waals surface area contributed by atoms with Crippen molar-refractivity contribution in [2.45, 2.75) is 46.4 Å². The van der Waals surface area contributed by atoms with Gasteiger partial charge in [-0.05, 0) is 74.2 Å². The molecule has 0 amide bonds. The number of nitrogens with zero attached hydrogens (tertiary/aromatic N) is 4. The molecule has 2 heterocycles. The Hall–Kier alpha value is -1.80. The van der Waals surface area contributed by atoms with E-state index in [1.807, 2.05) is 90.1 Å². The number of methoxy groups -OCH3 is 2. The summed E-state index contributed by atoms with van der Waals surface area (Å²) in [7, 11) is -5.63. The van der Waals surface area contributed by atoms with Crippen molar-refractivity contribution >= 4 is 76.3 Å². The van der Waals surface area contributed by atoms with Crippen molar-refractivity contribution in [2.24, 2.45) is 0 Å². The summed E-state index contributed by atoms with van der Waals surface area (Å²) in [4.78, 5) is 4.11. The SMILES string of the molecule is CCN1/C(=C\C=C\c2n(CC)c3cc(Cl)c(-c4ccc(OC)cc4)cc3[n+]2CCCS(=O)(=O)[O-])N(CCCS(=O)(=O)[O-])c2cc(COC)c(Br)cc21.[K+]. The van der Waals surface area contributed by atoms with E-state index in [0.29, 0.717) is 30.5 Å². The first-order valence-electron chi connectivity index (χ1n) is 16.7. The number of anilines is 2. The average Bonchev–Trinajstić information content (AvgIpc) is 3.52. The molecule has 53 heavy (non-hydrogen) atoms. The average molecular weight is 876 g/mol. The molecule has 0 bridgehead atoms. The zero-order valence-corrected chi connectivity index (χ0v) is 37.4. The normalized spacial score (nSPS) is 14.1. The molecule has 1 aromatic heterocycles. The Morgan fingerprint density at radius 1 is 0.906 bits per heavy atom. The maximum absolute atomic E-state index is 11.6. The fourth-order valence-electron chi connectivity index (χ4n) is 6.57. The van der Waals surface area contributed by atoms with Gasteiger partial charge < -0.3 is 28.4 Å². The molecule has 5 rings (SSSR count). The summed E-state index contributed by atoms with van der Waals surface area (Å²) in [6, 6.07) is 15.4. The van der Waals surface area contributed by atoms with E-state index in [-0.39, 0.29) is 77.3 Å². The molecule has 0 radical (unpaired) electrons. The van der Waals surface area contributed by atoms with Gasteiger partial charge in [0.2, 0.25) is 0 Å². The van der Waals surface area contributed by atoms with Crippen LogP contribution in [0.25, 0.3) is 28.2 Å². The quantitative estimate of drug-likeness (QED) is 0.0934. The Morgan fingerprint density at radius 3 is 2.17 bits per heavy atom. The summed E-state index contributed by atoms with van der Waals surface area (Å²) in [5.41, 5.74) is 5.99. The zero-order valence-electron chi connectivity index (χ0n) is 30.3. The number of ether oxygens (including phenoxy) is 2. The van der Waals surface area contributed by atoms with Crippen LogP contribution >= 0.6 is 27.5 Å². The molecule has 0 unspecified atom stereocenters. The third-order valence-electron chi connectivity index (χ3n) is 8.85. The van der Waals surface area contributed by atoms with Gasteiger partial charge in [0.15, 0.2) is 11.0 Å². The van der Waals surface area contributed by atoms with E-state index in [1.165, 1.54) is 0 Å². The van der Waals surface area contributed by atoms with E-state index in [4.69, 9.17) is 21.1 Å². The molecule has 0 saturated carbocycles. The van der Waals surface area contributed by atoms with Crippen molar-refractivity contribution < 1.29 is 91.4 Å². The van der Waals surface area contributed by atoms with Gasteiger partial charge in [-0.3, -0.25) is 0 Å². The first-order chi connectivity index (χ1) is 24.7. The number of imidazole rings is 1. The molecule has 0 fully saturated rings. The number of hydrogen-bond acceptors (Lipinski definition) is 10. The number of aryl methyl sites for hydroxylation is 2. The molecule has 0 spiro atoms. The topological polar surface area (TPSA) is 148 Å². The Bertz CT molecular complexity index is 2230. The number of aromatic nitrogens is 2. The van der Waals surface area contributed by atoms with Gasteiger partial charge in [0.1, 0.15) is 11.6 Å². The van der Waals surface area contributed by atoms with Crippen LogP contribution in [-0.2, 0) is 44.7 Å². The summed E-state index contributed by atoms with van der Waals surface area (Å²) in [6.07, 6.45) is 5.98. The second-order valence-electron chi connectivity index (χ2n) is 12.2. The third kappa shape index (κ3) is 10.5. The first kappa shape index (κ1) is 43.9. The predicted molar refractivity (Wildman–Crippen MR) is 206 cm³/mol. The molecular formula is C36H41BrClKN4O8S2. The fourth-order valence-corrected chi connectivity index (χ4v) is 8.25. The zero-order chi connectivity index (χ0) is 37.8. The number of benzene rings is 3. The van der Waals surface area contributed by atoms with Gasteiger partial charge in [-0.1, -0.05) is 45.7 Å². The van der Waals surface area contributed by atoms with E-state index in [9.17, 15) is 25.9 Å². The Morgan fingerprint density at radius 2 is 1.57 bits per heavy atom. The molecule has 1 aliphatic rings. The number of halogens is 2. The Balaban J connectivity index is 0.00000627. The van der Waals surface area contributed by atoms with Gasteiger partial charge >= 0.3 is 51.4 Å². The molecule has 3 aromatic carbocycles. The maximum Gasteiger partial charge on any atom is 1.00 e. The van der Waals surface area contributed by atoms with Crippen LogP contribution in [0.5, 0.6) is 5.75 Å². The summed E-state index contributed by atoms with van der Waals surface area (Å²) in [6.45, 7) is 6.08. The van der Waals surface area contributed by atoms with Gasteiger partial charge in [-0.15, -0.1) is 0 Å². The van der Waals surface area contributed by atoms with Crippen LogP contribution in [0, 0.1) is 0 Å². The van der Waals surface area contributed by atoms with E-state index < -0.39 is 31.7 Å². The van der Waals surface area contributed by atoms with Crippen LogP contribution in [0.2, 0.25) is 5.02 Å². The third-order valence-corrected chi connectivity index (χ3v) is 11.5. The van der Waals surface area contributed by atoms with Crippen LogP contribution < -0.4 is 70.5 Å². The second kappa shape index (κ2) is 18.9. The molecular weight excluding hydrogens is 835 g/mol. The van der Waals surface area contributed by atoms with Crippen molar-refractivity contribution in [3.8, 4) is 16.9 Å². The number of fused-ring (bicyclic) bond motifs is 2. The molecule has 280 valence electrons. The van der Waals surface area contributed by atoms with Crippen molar-refractivity contribution in [2.75, 3.05) is 48.6 Å². The van der Waals surface area contributed by atoms with Crippen molar-refractivity contribution in [1.29, 1.82) is 0 Å². The molecule has 17 heteroatoms. The predicted octanol–water partition coefficient (Wildman–Crippen LogP) is 3.26. The molecule has 0 atom stereocenters. The van der Waals surface area contributed by atoms with Crippen LogP contribution in [0.1, 0.15) is 38.1 Å². The van der Waals surface area contributed by atoms with Crippen LogP contribution in [0.15, 0.2) is 71.0 Å². The second-order valence-corrected chi connectivity index (χ2v) is 16.5. The molecule has 1 aliphatic heterocycles.